The molecule has 0 aliphatic carbocycles. The first kappa shape index (κ1) is 25.6. The van der Waals surface area contributed by atoms with E-state index in [0.717, 1.165) is 25.0 Å². The maximum Gasteiger partial charge on any atom is 0.305 e. The third-order valence-electron chi connectivity index (χ3n) is 4.71. The topological polar surface area (TPSA) is 26.3 Å². The van der Waals surface area contributed by atoms with Crippen LogP contribution in [0.15, 0.2) is 12.2 Å². The van der Waals surface area contributed by atoms with Crippen molar-refractivity contribution in [2.24, 2.45) is 0 Å². The first-order chi connectivity index (χ1) is 12.8. The second-order valence-electron chi connectivity index (χ2n) is 7.34. The molecule has 0 N–H and O–H groups in total. The largest absolute Gasteiger partial charge is 0.466 e. The summed E-state index contributed by atoms with van der Waals surface area (Å²) in [5, 5.41) is 0. The van der Waals surface area contributed by atoms with Gasteiger partial charge in [-0.25, -0.2) is 0 Å². The van der Waals surface area contributed by atoms with Crippen molar-refractivity contribution >= 4 is 18.6 Å². The van der Waals surface area contributed by atoms with Gasteiger partial charge in [0.25, 0.3) is 0 Å². The molecular formula is C23H44O2S. The maximum atomic E-state index is 11.4. The van der Waals surface area contributed by atoms with Crippen molar-refractivity contribution in [2.45, 2.75) is 116 Å². The minimum Gasteiger partial charge on any atom is -0.466 e. The van der Waals surface area contributed by atoms with Crippen LogP contribution >= 0.6 is 12.6 Å². The van der Waals surface area contributed by atoms with E-state index in [1.165, 1.54) is 83.5 Å². The van der Waals surface area contributed by atoms with Crippen LogP contribution in [-0.4, -0.2) is 18.3 Å². The molecule has 0 aromatic carbocycles. The fourth-order valence-electron chi connectivity index (χ4n) is 2.99. The molecule has 2 nitrogen and oxygen atoms in total. The molecule has 0 radical (unpaired) electrons. The molecule has 0 saturated heterocycles. The molecule has 0 heterocycles. The Labute approximate surface area is 169 Å². The molecule has 0 spiro atoms. The first-order valence-corrected chi connectivity index (χ1v) is 11.9. The number of thiol groups is 1. The molecule has 26 heavy (non-hydrogen) atoms. The second-order valence-corrected chi connectivity index (χ2v) is 7.79. The van der Waals surface area contributed by atoms with E-state index in [2.05, 4.69) is 31.7 Å². The van der Waals surface area contributed by atoms with Crippen LogP contribution in [0.1, 0.15) is 116 Å². The SMILES string of the molecule is CCCCCCCC/C=C\CCCCCCCCOC(=O)CCCCS. The van der Waals surface area contributed by atoms with Gasteiger partial charge in [-0.2, -0.15) is 12.6 Å². The van der Waals surface area contributed by atoms with Crippen LogP contribution in [0.25, 0.3) is 0 Å². The Morgan fingerprint density at radius 3 is 1.85 bits per heavy atom. The third kappa shape index (κ3) is 21.6. The van der Waals surface area contributed by atoms with Gasteiger partial charge < -0.3 is 4.74 Å². The van der Waals surface area contributed by atoms with Crippen LogP contribution in [0.2, 0.25) is 0 Å². The number of allylic oxidation sites excluding steroid dienone is 2. The van der Waals surface area contributed by atoms with Crippen LogP contribution in [0, 0.1) is 0 Å². The van der Waals surface area contributed by atoms with Crippen LogP contribution in [-0.2, 0) is 9.53 Å². The fourth-order valence-corrected chi connectivity index (χ4v) is 3.21. The van der Waals surface area contributed by atoms with E-state index in [9.17, 15) is 4.79 Å². The standard InChI is InChI=1S/C23H44O2S/c1-2-3-4-5-6-7-8-9-10-11-12-13-14-15-16-18-21-25-23(24)20-17-19-22-26/h9-10,26H,2-8,11-22H2,1H3/b10-9-. The van der Waals surface area contributed by atoms with Gasteiger partial charge in [0, 0.05) is 6.42 Å². The van der Waals surface area contributed by atoms with Gasteiger partial charge >= 0.3 is 5.97 Å². The fraction of sp³-hybridized carbons (Fsp3) is 0.870. The Hall–Kier alpha value is -0.440. The smallest absolute Gasteiger partial charge is 0.305 e. The van der Waals surface area contributed by atoms with Crippen molar-refractivity contribution < 1.29 is 9.53 Å². The maximum absolute atomic E-state index is 11.4. The summed E-state index contributed by atoms with van der Waals surface area (Å²) in [7, 11) is 0. The van der Waals surface area contributed by atoms with Gasteiger partial charge in [0.05, 0.1) is 6.61 Å². The van der Waals surface area contributed by atoms with Crippen molar-refractivity contribution in [2.75, 3.05) is 12.4 Å². The minimum atomic E-state index is -0.0421. The van der Waals surface area contributed by atoms with Crippen molar-refractivity contribution in [3.63, 3.8) is 0 Å². The highest BCUT2D eigenvalue weighted by Gasteiger charge is 2.01. The van der Waals surface area contributed by atoms with E-state index in [1.807, 2.05) is 0 Å². The molecule has 0 saturated carbocycles. The van der Waals surface area contributed by atoms with Crippen molar-refractivity contribution in [3.05, 3.63) is 12.2 Å². The van der Waals surface area contributed by atoms with Gasteiger partial charge in [-0.1, -0.05) is 76.9 Å². The summed E-state index contributed by atoms with van der Waals surface area (Å²) in [5.74, 6) is 0.807. The monoisotopic (exact) mass is 384 g/mol. The summed E-state index contributed by atoms with van der Waals surface area (Å²) in [6, 6.07) is 0. The van der Waals surface area contributed by atoms with Gasteiger partial charge in [-0.05, 0) is 50.7 Å². The molecule has 0 aromatic heterocycles. The molecule has 0 fully saturated rings. The lowest BCUT2D eigenvalue weighted by atomic mass is 10.1. The molecule has 0 aliphatic rings. The normalized spacial score (nSPS) is 11.3. The summed E-state index contributed by atoms with van der Waals surface area (Å²) in [6.45, 7) is 2.87. The molecule has 0 atom stereocenters. The number of hydrogen-bond acceptors (Lipinski definition) is 3. The number of hydrogen-bond donors (Lipinski definition) is 1. The Balaban J connectivity index is 3.14. The van der Waals surface area contributed by atoms with Crippen LogP contribution in [0.3, 0.4) is 0 Å². The molecule has 0 amide bonds. The summed E-state index contributed by atoms with van der Waals surface area (Å²) in [6.07, 6.45) is 25.4. The number of carbonyl (C=O) groups is 1. The zero-order chi connectivity index (χ0) is 19.1. The number of rotatable bonds is 20. The summed E-state index contributed by atoms with van der Waals surface area (Å²) in [4.78, 5) is 11.4. The van der Waals surface area contributed by atoms with Crippen molar-refractivity contribution in [1.82, 2.24) is 0 Å². The Bertz CT molecular complexity index is 315. The van der Waals surface area contributed by atoms with E-state index >= 15 is 0 Å². The van der Waals surface area contributed by atoms with E-state index in [0.29, 0.717) is 13.0 Å². The molecular weight excluding hydrogens is 340 g/mol. The van der Waals surface area contributed by atoms with Gasteiger partial charge in [0.15, 0.2) is 0 Å². The predicted molar refractivity (Wildman–Crippen MR) is 118 cm³/mol. The Morgan fingerprint density at radius 1 is 0.731 bits per heavy atom. The van der Waals surface area contributed by atoms with Crippen molar-refractivity contribution in [3.8, 4) is 0 Å². The lowest BCUT2D eigenvalue weighted by Crippen LogP contribution is -2.05. The Morgan fingerprint density at radius 2 is 1.27 bits per heavy atom. The summed E-state index contributed by atoms with van der Waals surface area (Å²) >= 11 is 4.14. The quantitative estimate of drug-likeness (QED) is 0.101. The van der Waals surface area contributed by atoms with Crippen LogP contribution < -0.4 is 0 Å². The number of unbranched alkanes of at least 4 members (excludes halogenated alkanes) is 13. The zero-order valence-corrected chi connectivity index (χ0v) is 18.2. The average Bonchev–Trinajstić information content (AvgIpc) is 2.64. The van der Waals surface area contributed by atoms with Crippen LogP contribution in [0.4, 0.5) is 0 Å². The molecule has 154 valence electrons. The highest BCUT2D eigenvalue weighted by Crippen LogP contribution is 2.10. The van der Waals surface area contributed by atoms with E-state index < -0.39 is 0 Å². The average molecular weight is 385 g/mol. The molecule has 0 bridgehead atoms. The molecule has 0 unspecified atom stereocenters. The lowest BCUT2D eigenvalue weighted by Gasteiger charge is -2.04. The van der Waals surface area contributed by atoms with Gasteiger partial charge in [-0.15, -0.1) is 0 Å². The first-order valence-electron chi connectivity index (χ1n) is 11.2. The second kappa shape index (κ2) is 22.6. The van der Waals surface area contributed by atoms with E-state index in [1.54, 1.807) is 0 Å². The van der Waals surface area contributed by atoms with Crippen LogP contribution in [0.5, 0.6) is 0 Å². The summed E-state index contributed by atoms with van der Waals surface area (Å²) < 4.78 is 5.23. The van der Waals surface area contributed by atoms with Gasteiger partial charge in [-0.3, -0.25) is 4.79 Å². The minimum absolute atomic E-state index is 0.0421. The molecule has 0 aliphatic heterocycles. The Kier molecular flexibility index (Phi) is 22.2. The summed E-state index contributed by atoms with van der Waals surface area (Å²) in [5.41, 5.74) is 0. The zero-order valence-electron chi connectivity index (χ0n) is 17.4. The number of ether oxygens (including phenoxy) is 1. The van der Waals surface area contributed by atoms with Gasteiger partial charge in [0.2, 0.25) is 0 Å². The third-order valence-corrected chi connectivity index (χ3v) is 5.02. The van der Waals surface area contributed by atoms with Crippen molar-refractivity contribution in [1.29, 1.82) is 0 Å². The lowest BCUT2D eigenvalue weighted by molar-refractivity contribution is -0.143. The van der Waals surface area contributed by atoms with Gasteiger partial charge in [0.1, 0.15) is 0 Å². The number of esters is 1. The predicted octanol–water partition coefficient (Wildman–Crippen LogP) is 7.67. The molecule has 0 rings (SSSR count). The number of carbonyl (C=O) groups excluding carboxylic acids is 1. The molecule has 0 aromatic rings. The highest BCUT2D eigenvalue weighted by molar-refractivity contribution is 7.80. The van der Waals surface area contributed by atoms with E-state index in [-0.39, 0.29) is 5.97 Å². The highest BCUT2D eigenvalue weighted by atomic mass is 32.1. The molecule has 3 heteroatoms. The van der Waals surface area contributed by atoms with E-state index in [4.69, 9.17) is 4.74 Å².